The van der Waals surface area contributed by atoms with E-state index in [0.717, 1.165) is 32.8 Å². The zero-order valence-electron chi connectivity index (χ0n) is 13.9. The highest BCUT2D eigenvalue weighted by Crippen LogP contribution is 2.47. The third-order valence-corrected chi connectivity index (χ3v) is 5.79. The highest BCUT2D eigenvalue weighted by Gasteiger charge is 2.41. The molecular weight excluding hydrogens is 384 g/mol. The van der Waals surface area contributed by atoms with Crippen LogP contribution in [0.3, 0.4) is 0 Å². The number of Topliss-reactive ketones (excluding diaryl/α,β-unsaturated/α-hetero) is 1. The number of dihydropyridines is 1. The number of nitriles is 1. The van der Waals surface area contributed by atoms with Gasteiger partial charge < -0.3 is 5.32 Å². The molecule has 124 valence electrons. The SMILES string of the molecule is CSC1=C(C#N)[C@H](c2ccc(Br)cc2)C2=C(CC(C)(C)CC2=O)N1. The van der Waals surface area contributed by atoms with Gasteiger partial charge in [-0.2, -0.15) is 5.26 Å². The van der Waals surface area contributed by atoms with Gasteiger partial charge in [0, 0.05) is 22.2 Å². The summed E-state index contributed by atoms with van der Waals surface area (Å²) in [5.74, 6) is -0.125. The van der Waals surface area contributed by atoms with Crippen LogP contribution in [0, 0.1) is 16.7 Å². The Kier molecular flexibility index (Phi) is 4.63. The monoisotopic (exact) mass is 402 g/mol. The molecule has 1 aliphatic heterocycles. The van der Waals surface area contributed by atoms with Gasteiger partial charge in [-0.05, 0) is 35.8 Å². The fraction of sp³-hybridized carbons (Fsp3) is 0.368. The molecule has 0 radical (unpaired) electrons. The Balaban J connectivity index is 2.19. The van der Waals surface area contributed by atoms with Gasteiger partial charge in [0.1, 0.15) is 0 Å². The Morgan fingerprint density at radius 3 is 2.54 bits per heavy atom. The lowest BCUT2D eigenvalue weighted by atomic mass is 9.69. The maximum Gasteiger partial charge on any atom is 0.162 e. The van der Waals surface area contributed by atoms with Gasteiger partial charge in [0.2, 0.25) is 0 Å². The quantitative estimate of drug-likeness (QED) is 0.765. The first-order valence-corrected chi connectivity index (χ1v) is 9.85. The minimum Gasteiger partial charge on any atom is -0.352 e. The molecule has 1 atom stereocenters. The van der Waals surface area contributed by atoms with Crippen LogP contribution in [-0.4, -0.2) is 12.0 Å². The predicted octanol–water partition coefficient (Wildman–Crippen LogP) is 4.88. The largest absolute Gasteiger partial charge is 0.352 e. The zero-order chi connectivity index (χ0) is 17.5. The van der Waals surface area contributed by atoms with Crippen molar-refractivity contribution in [3.05, 3.63) is 56.2 Å². The van der Waals surface area contributed by atoms with Crippen LogP contribution >= 0.6 is 27.7 Å². The summed E-state index contributed by atoms with van der Waals surface area (Å²) in [5.41, 5.74) is 3.32. The molecule has 0 bridgehead atoms. The number of ketones is 1. The number of benzene rings is 1. The molecule has 5 heteroatoms. The topological polar surface area (TPSA) is 52.9 Å². The number of halogens is 1. The Hall–Kier alpha value is -1.51. The lowest BCUT2D eigenvalue weighted by molar-refractivity contribution is -0.118. The van der Waals surface area contributed by atoms with E-state index in [9.17, 15) is 10.1 Å². The number of allylic oxidation sites excluding steroid dienone is 3. The van der Waals surface area contributed by atoms with Gasteiger partial charge in [-0.3, -0.25) is 4.79 Å². The molecule has 0 fully saturated rings. The van der Waals surface area contributed by atoms with E-state index in [1.807, 2.05) is 30.5 Å². The first-order valence-electron chi connectivity index (χ1n) is 7.83. The van der Waals surface area contributed by atoms with Crippen LogP contribution in [0.15, 0.2) is 50.6 Å². The van der Waals surface area contributed by atoms with E-state index in [1.54, 1.807) is 0 Å². The number of hydrogen-bond donors (Lipinski definition) is 1. The molecule has 1 heterocycles. The third kappa shape index (κ3) is 3.05. The van der Waals surface area contributed by atoms with Crippen LogP contribution < -0.4 is 5.32 Å². The molecule has 0 saturated carbocycles. The number of thioether (sulfide) groups is 1. The summed E-state index contributed by atoms with van der Waals surface area (Å²) in [4.78, 5) is 12.9. The molecule has 0 saturated heterocycles. The Morgan fingerprint density at radius 2 is 1.96 bits per heavy atom. The van der Waals surface area contributed by atoms with Crippen LogP contribution in [0.5, 0.6) is 0 Å². The van der Waals surface area contributed by atoms with E-state index in [-0.39, 0.29) is 17.1 Å². The summed E-state index contributed by atoms with van der Waals surface area (Å²) >= 11 is 4.98. The molecule has 1 aromatic carbocycles. The Labute approximate surface area is 155 Å². The first kappa shape index (κ1) is 17.3. The molecule has 1 aromatic rings. The van der Waals surface area contributed by atoms with Crippen molar-refractivity contribution >= 4 is 33.5 Å². The molecule has 0 spiro atoms. The number of nitrogens with one attached hydrogen (secondary N) is 1. The zero-order valence-corrected chi connectivity index (χ0v) is 16.3. The van der Waals surface area contributed by atoms with Crippen molar-refractivity contribution in [1.82, 2.24) is 5.32 Å². The second kappa shape index (κ2) is 6.42. The van der Waals surface area contributed by atoms with E-state index < -0.39 is 0 Å². The molecule has 0 amide bonds. The van der Waals surface area contributed by atoms with Gasteiger partial charge in [-0.25, -0.2) is 0 Å². The van der Waals surface area contributed by atoms with E-state index >= 15 is 0 Å². The lowest BCUT2D eigenvalue weighted by Gasteiger charge is -2.38. The van der Waals surface area contributed by atoms with E-state index in [1.165, 1.54) is 11.8 Å². The van der Waals surface area contributed by atoms with Crippen LogP contribution in [0.2, 0.25) is 0 Å². The summed E-state index contributed by atoms with van der Waals surface area (Å²) in [6.07, 6.45) is 3.30. The number of nitrogens with zero attached hydrogens (tertiary/aromatic N) is 1. The maximum atomic E-state index is 12.9. The van der Waals surface area contributed by atoms with Crippen molar-refractivity contribution in [1.29, 1.82) is 5.26 Å². The molecule has 1 N–H and O–H groups in total. The van der Waals surface area contributed by atoms with Crippen LogP contribution in [0.4, 0.5) is 0 Å². The van der Waals surface area contributed by atoms with Gasteiger partial charge in [0.25, 0.3) is 0 Å². The average Bonchev–Trinajstić information content (AvgIpc) is 2.52. The van der Waals surface area contributed by atoms with Gasteiger partial charge in [-0.1, -0.05) is 41.9 Å². The first-order chi connectivity index (χ1) is 11.4. The van der Waals surface area contributed by atoms with Gasteiger partial charge in [-0.15, -0.1) is 11.8 Å². The van der Waals surface area contributed by atoms with Crippen molar-refractivity contribution in [2.75, 3.05) is 6.26 Å². The highest BCUT2D eigenvalue weighted by atomic mass is 79.9. The van der Waals surface area contributed by atoms with E-state index in [0.29, 0.717) is 12.0 Å². The van der Waals surface area contributed by atoms with Crippen molar-refractivity contribution < 1.29 is 4.79 Å². The normalized spacial score (nSPS) is 22.8. The van der Waals surface area contributed by atoms with Gasteiger partial charge in [0.05, 0.1) is 22.6 Å². The fourth-order valence-electron chi connectivity index (χ4n) is 3.53. The van der Waals surface area contributed by atoms with Gasteiger partial charge in [0.15, 0.2) is 5.78 Å². The molecule has 0 unspecified atom stereocenters. The number of carbonyl (C=O) groups excluding carboxylic acids is 1. The summed E-state index contributed by atoms with van der Waals surface area (Å²) in [7, 11) is 0. The summed E-state index contributed by atoms with van der Waals surface area (Å²) in [6, 6.07) is 10.2. The molecule has 1 aliphatic carbocycles. The van der Waals surface area contributed by atoms with E-state index in [4.69, 9.17) is 0 Å². The molecule has 2 aliphatic rings. The average molecular weight is 403 g/mol. The summed E-state index contributed by atoms with van der Waals surface area (Å²) in [6.45, 7) is 4.24. The number of carbonyl (C=O) groups is 1. The minimum absolute atomic E-state index is 0.0547. The fourth-order valence-corrected chi connectivity index (χ4v) is 4.40. The standard InChI is InChI=1S/C19H19BrN2OS/c1-19(2)8-14-17(15(23)9-19)16(11-4-6-12(20)7-5-11)13(10-21)18(22-14)24-3/h4-7,16,22H,8-9H2,1-3H3/t16-/m0/s1. The minimum atomic E-state index is -0.273. The third-order valence-electron chi connectivity index (χ3n) is 4.53. The molecule has 0 aromatic heterocycles. The predicted molar refractivity (Wildman–Crippen MR) is 101 cm³/mol. The highest BCUT2D eigenvalue weighted by molar-refractivity contribution is 9.10. The number of rotatable bonds is 2. The van der Waals surface area contributed by atoms with Crippen molar-refractivity contribution in [2.24, 2.45) is 5.41 Å². The second-order valence-electron chi connectivity index (χ2n) is 7.00. The second-order valence-corrected chi connectivity index (χ2v) is 8.73. The smallest absolute Gasteiger partial charge is 0.162 e. The lowest BCUT2D eigenvalue weighted by Crippen LogP contribution is -2.36. The molecule has 3 rings (SSSR count). The maximum absolute atomic E-state index is 12.9. The molecular formula is C19H19BrN2OS. The summed E-state index contributed by atoms with van der Waals surface area (Å²) in [5, 5.41) is 14.0. The Morgan fingerprint density at radius 1 is 1.29 bits per heavy atom. The van der Waals surface area contributed by atoms with E-state index in [2.05, 4.69) is 41.2 Å². The Bertz CT molecular complexity index is 800. The van der Waals surface area contributed by atoms with Crippen LogP contribution in [0.1, 0.15) is 38.2 Å². The van der Waals surface area contributed by atoms with Crippen molar-refractivity contribution in [3.63, 3.8) is 0 Å². The van der Waals surface area contributed by atoms with Crippen LogP contribution in [0.25, 0.3) is 0 Å². The van der Waals surface area contributed by atoms with Gasteiger partial charge >= 0.3 is 0 Å². The molecule has 3 nitrogen and oxygen atoms in total. The number of hydrogen-bond acceptors (Lipinski definition) is 4. The van der Waals surface area contributed by atoms with Crippen LogP contribution in [-0.2, 0) is 4.79 Å². The summed E-state index contributed by atoms with van der Waals surface area (Å²) < 4.78 is 0.984. The molecule has 24 heavy (non-hydrogen) atoms. The van der Waals surface area contributed by atoms with Crippen molar-refractivity contribution in [3.8, 4) is 6.07 Å². The van der Waals surface area contributed by atoms with Crippen molar-refractivity contribution in [2.45, 2.75) is 32.6 Å².